The molecule has 0 saturated heterocycles. The second kappa shape index (κ2) is 6.84. The van der Waals surface area contributed by atoms with E-state index >= 15 is 0 Å². The van der Waals surface area contributed by atoms with E-state index in [1.165, 1.54) is 17.3 Å². The van der Waals surface area contributed by atoms with Gasteiger partial charge in [0.25, 0.3) is 0 Å². The molecule has 0 aliphatic carbocycles. The van der Waals surface area contributed by atoms with Gasteiger partial charge in [0.2, 0.25) is 6.79 Å². The Labute approximate surface area is 155 Å². The van der Waals surface area contributed by atoms with E-state index in [2.05, 4.69) is 36.2 Å². The highest BCUT2D eigenvalue weighted by molar-refractivity contribution is 7.99. The topological polar surface area (TPSA) is 66.2 Å². The molecule has 0 unspecified atom stereocenters. The average Bonchev–Trinajstić information content (AvgIpc) is 3.28. The summed E-state index contributed by atoms with van der Waals surface area (Å²) in [5.74, 6) is 1.55. The van der Waals surface area contributed by atoms with Crippen molar-refractivity contribution in [2.45, 2.75) is 19.0 Å². The maximum atomic E-state index is 12.5. The minimum Gasteiger partial charge on any atom is -0.454 e. The molecule has 6 nitrogen and oxygen atoms in total. The van der Waals surface area contributed by atoms with E-state index in [1.807, 2.05) is 10.6 Å². The van der Waals surface area contributed by atoms with Crippen LogP contribution in [0.4, 0.5) is 0 Å². The van der Waals surface area contributed by atoms with E-state index in [1.54, 1.807) is 24.5 Å². The molecule has 0 saturated carbocycles. The third kappa shape index (κ3) is 3.17. The number of carbonyl (C=O) groups excluding carboxylic acids is 1. The van der Waals surface area contributed by atoms with Crippen molar-refractivity contribution in [3.05, 3.63) is 59.4 Å². The second-order valence-corrected chi connectivity index (χ2v) is 7.00. The Morgan fingerprint density at radius 2 is 2.00 bits per heavy atom. The molecule has 1 aromatic heterocycles. The molecule has 0 atom stereocenters. The SMILES string of the molecule is Cc1ccc(-n2cnnc2SCC(=O)c2ccc3c(c2)OCO3)c(C)c1. The van der Waals surface area contributed by atoms with Crippen LogP contribution in [0.5, 0.6) is 11.5 Å². The summed E-state index contributed by atoms with van der Waals surface area (Å²) >= 11 is 1.37. The highest BCUT2D eigenvalue weighted by Gasteiger charge is 2.17. The second-order valence-electron chi connectivity index (χ2n) is 6.05. The predicted octanol–water partition coefficient (Wildman–Crippen LogP) is 3.59. The number of aromatic nitrogens is 3. The first-order chi connectivity index (χ1) is 12.6. The first-order valence-electron chi connectivity index (χ1n) is 8.15. The van der Waals surface area contributed by atoms with Crippen molar-refractivity contribution in [2.24, 2.45) is 0 Å². The molecular weight excluding hydrogens is 350 g/mol. The van der Waals surface area contributed by atoms with E-state index in [0.717, 1.165) is 11.3 Å². The van der Waals surface area contributed by atoms with Gasteiger partial charge in [0, 0.05) is 5.56 Å². The van der Waals surface area contributed by atoms with E-state index in [-0.39, 0.29) is 18.3 Å². The number of ketones is 1. The molecule has 1 aliphatic heterocycles. The average molecular weight is 367 g/mol. The van der Waals surface area contributed by atoms with Crippen LogP contribution in [0.2, 0.25) is 0 Å². The fraction of sp³-hybridized carbons (Fsp3) is 0.211. The van der Waals surface area contributed by atoms with Gasteiger partial charge in [0.05, 0.1) is 11.4 Å². The van der Waals surface area contributed by atoms with Crippen LogP contribution in [0.25, 0.3) is 5.69 Å². The van der Waals surface area contributed by atoms with Gasteiger partial charge in [-0.2, -0.15) is 0 Å². The van der Waals surface area contributed by atoms with Crippen molar-refractivity contribution >= 4 is 17.5 Å². The summed E-state index contributed by atoms with van der Waals surface area (Å²) in [4.78, 5) is 12.5. The summed E-state index contributed by atoms with van der Waals surface area (Å²) in [5, 5.41) is 8.85. The fourth-order valence-corrected chi connectivity index (χ4v) is 3.66. The molecule has 0 bridgehead atoms. The first kappa shape index (κ1) is 16.7. The van der Waals surface area contributed by atoms with Gasteiger partial charge in [-0.25, -0.2) is 0 Å². The lowest BCUT2D eigenvalue weighted by Gasteiger charge is -2.10. The lowest BCUT2D eigenvalue weighted by Crippen LogP contribution is -2.04. The van der Waals surface area contributed by atoms with Crippen molar-refractivity contribution in [3.63, 3.8) is 0 Å². The van der Waals surface area contributed by atoms with Gasteiger partial charge in [0.15, 0.2) is 22.4 Å². The van der Waals surface area contributed by atoms with E-state index in [0.29, 0.717) is 22.2 Å². The Morgan fingerprint density at radius 3 is 2.85 bits per heavy atom. The Bertz CT molecular complexity index is 984. The molecule has 2 aromatic carbocycles. The highest BCUT2D eigenvalue weighted by atomic mass is 32.2. The first-order valence-corrected chi connectivity index (χ1v) is 9.13. The molecule has 4 rings (SSSR count). The van der Waals surface area contributed by atoms with Crippen molar-refractivity contribution < 1.29 is 14.3 Å². The zero-order valence-electron chi connectivity index (χ0n) is 14.4. The maximum Gasteiger partial charge on any atom is 0.231 e. The quantitative estimate of drug-likeness (QED) is 0.507. The van der Waals surface area contributed by atoms with Crippen LogP contribution < -0.4 is 9.47 Å². The number of Topliss-reactive ketones (excluding diaryl/α,β-unsaturated/α-hetero) is 1. The summed E-state index contributed by atoms with van der Waals surface area (Å²) in [6.45, 7) is 4.30. The Morgan fingerprint density at radius 1 is 1.15 bits per heavy atom. The number of rotatable bonds is 5. The number of hydrogen-bond donors (Lipinski definition) is 0. The maximum absolute atomic E-state index is 12.5. The number of hydrogen-bond acceptors (Lipinski definition) is 6. The number of aryl methyl sites for hydroxylation is 2. The van der Waals surface area contributed by atoms with Crippen molar-refractivity contribution in [1.82, 2.24) is 14.8 Å². The number of thioether (sulfide) groups is 1. The zero-order chi connectivity index (χ0) is 18.1. The minimum absolute atomic E-state index is 0.00322. The van der Waals surface area contributed by atoms with Crippen LogP contribution in [-0.4, -0.2) is 33.1 Å². The minimum atomic E-state index is 0.00322. The van der Waals surface area contributed by atoms with Crippen molar-refractivity contribution in [2.75, 3.05) is 12.5 Å². The molecule has 1 aliphatic rings. The van der Waals surface area contributed by atoms with Crippen LogP contribution in [-0.2, 0) is 0 Å². The molecule has 0 fully saturated rings. The summed E-state index contributed by atoms with van der Waals surface area (Å²) in [5.41, 5.74) is 3.94. The molecule has 3 aromatic rings. The molecule has 2 heterocycles. The van der Waals surface area contributed by atoms with E-state index in [9.17, 15) is 4.79 Å². The normalized spacial score (nSPS) is 12.4. The largest absolute Gasteiger partial charge is 0.454 e. The van der Waals surface area contributed by atoms with Gasteiger partial charge >= 0.3 is 0 Å². The van der Waals surface area contributed by atoms with Crippen LogP contribution in [0.1, 0.15) is 21.5 Å². The molecule has 132 valence electrons. The number of ether oxygens (including phenoxy) is 2. The Kier molecular flexibility index (Phi) is 4.38. The number of carbonyl (C=O) groups is 1. The fourth-order valence-electron chi connectivity index (χ4n) is 2.85. The Balaban J connectivity index is 1.50. The molecule has 0 spiro atoms. The van der Waals surface area contributed by atoms with Gasteiger partial charge < -0.3 is 9.47 Å². The monoisotopic (exact) mass is 367 g/mol. The van der Waals surface area contributed by atoms with Crippen LogP contribution >= 0.6 is 11.8 Å². The number of fused-ring (bicyclic) bond motifs is 1. The summed E-state index contributed by atoms with van der Waals surface area (Å²) < 4.78 is 12.5. The highest BCUT2D eigenvalue weighted by Crippen LogP contribution is 2.33. The third-order valence-corrected chi connectivity index (χ3v) is 5.10. The Hall–Kier alpha value is -2.80. The lowest BCUT2D eigenvalue weighted by molar-refractivity contribution is 0.102. The summed E-state index contributed by atoms with van der Waals surface area (Å²) in [6.07, 6.45) is 1.67. The number of nitrogens with zero attached hydrogens (tertiary/aromatic N) is 3. The summed E-state index contributed by atoms with van der Waals surface area (Å²) in [6, 6.07) is 11.4. The van der Waals surface area contributed by atoms with E-state index in [4.69, 9.17) is 9.47 Å². The van der Waals surface area contributed by atoms with Gasteiger partial charge in [0.1, 0.15) is 6.33 Å². The molecule has 0 amide bonds. The van der Waals surface area contributed by atoms with Crippen LogP contribution in [0.3, 0.4) is 0 Å². The van der Waals surface area contributed by atoms with Crippen LogP contribution in [0.15, 0.2) is 47.9 Å². The van der Waals surface area contributed by atoms with Gasteiger partial charge in [-0.1, -0.05) is 29.5 Å². The van der Waals surface area contributed by atoms with E-state index < -0.39 is 0 Å². The van der Waals surface area contributed by atoms with Crippen molar-refractivity contribution in [3.8, 4) is 17.2 Å². The van der Waals surface area contributed by atoms with Gasteiger partial charge in [-0.05, 0) is 43.7 Å². The van der Waals surface area contributed by atoms with Gasteiger partial charge in [-0.3, -0.25) is 9.36 Å². The molecular formula is C19H17N3O3S. The van der Waals surface area contributed by atoms with Crippen LogP contribution in [0, 0.1) is 13.8 Å². The standard InChI is InChI=1S/C19H17N3O3S/c1-12-3-5-15(13(2)7-12)22-10-20-21-19(22)26-9-16(23)14-4-6-17-18(8-14)25-11-24-17/h3-8,10H,9,11H2,1-2H3. The molecule has 7 heteroatoms. The molecule has 0 radical (unpaired) electrons. The summed E-state index contributed by atoms with van der Waals surface area (Å²) in [7, 11) is 0. The molecule has 26 heavy (non-hydrogen) atoms. The predicted molar refractivity (Wildman–Crippen MR) is 98.5 cm³/mol. The van der Waals surface area contributed by atoms with Gasteiger partial charge in [-0.15, -0.1) is 10.2 Å². The number of benzene rings is 2. The molecule has 0 N–H and O–H groups in total. The zero-order valence-corrected chi connectivity index (χ0v) is 15.2. The smallest absolute Gasteiger partial charge is 0.231 e. The lowest BCUT2D eigenvalue weighted by atomic mass is 10.1. The van der Waals surface area contributed by atoms with Crippen molar-refractivity contribution in [1.29, 1.82) is 0 Å². The third-order valence-electron chi connectivity index (χ3n) is 4.16.